The maximum absolute atomic E-state index is 11.3. The van der Waals surface area contributed by atoms with Crippen molar-refractivity contribution in [3.05, 3.63) is 30.3 Å². The van der Waals surface area contributed by atoms with Gasteiger partial charge in [0.15, 0.2) is 0 Å². The molecule has 0 atom stereocenters. The van der Waals surface area contributed by atoms with Crippen LogP contribution in [-0.4, -0.2) is 16.1 Å². The normalized spacial score (nSPS) is 18.2. The smallest absolute Gasteiger partial charge is 0.317 e. The predicted molar refractivity (Wildman–Crippen MR) is 57.2 cm³/mol. The highest BCUT2D eigenvalue weighted by Crippen LogP contribution is 2.45. The van der Waals surface area contributed by atoms with Crippen LogP contribution in [0.15, 0.2) is 28.9 Å². The van der Waals surface area contributed by atoms with E-state index in [2.05, 4.69) is 4.98 Å². The van der Waals surface area contributed by atoms with Crippen LogP contribution in [-0.2, 0) is 10.2 Å². The lowest BCUT2D eigenvalue weighted by atomic mass is 9.67. The van der Waals surface area contributed by atoms with Crippen LogP contribution < -0.4 is 0 Å². The maximum atomic E-state index is 11.3. The highest BCUT2D eigenvalue weighted by Gasteiger charge is 2.48. The van der Waals surface area contributed by atoms with E-state index in [0.29, 0.717) is 24.2 Å². The lowest BCUT2D eigenvalue weighted by Gasteiger charge is -2.35. The summed E-state index contributed by atoms with van der Waals surface area (Å²) < 4.78 is 5.62. The lowest BCUT2D eigenvalue weighted by molar-refractivity contribution is -0.148. The fourth-order valence-electron chi connectivity index (χ4n) is 2.22. The first-order valence-electron chi connectivity index (χ1n) is 5.30. The zero-order valence-electron chi connectivity index (χ0n) is 8.64. The molecule has 0 unspecified atom stereocenters. The molecule has 1 N–H and O–H groups in total. The zero-order valence-corrected chi connectivity index (χ0v) is 8.64. The summed E-state index contributed by atoms with van der Waals surface area (Å²) in [7, 11) is 0. The van der Waals surface area contributed by atoms with Crippen LogP contribution in [0.4, 0.5) is 0 Å². The number of furan rings is 1. The summed E-state index contributed by atoms with van der Waals surface area (Å²) in [5.74, 6) is -0.222. The van der Waals surface area contributed by atoms with Crippen LogP contribution >= 0.6 is 0 Å². The van der Waals surface area contributed by atoms with Crippen LogP contribution in [0.3, 0.4) is 0 Å². The minimum atomic E-state index is -0.793. The van der Waals surface area contributed by atoms with Crippen molar-refractivity contribution in [1.29, 1.82) is 0 Å². The van der Waals surface area contributed by atoms with Gasteiger partial charge in [-0.3, -0.25) is 9.78 Å². The number of aliphatic carboxylic acids is 1. The quantitative estimate of drug-likeness (QED) is 0.838. The van der Waals surface area contributed by atoms with Crippen LogP contribution in [0.5, 0.6) is 0 Å². The van der Waals surface area contributed by atoms with Crippen molar-refractivity contribution in [2.45, 2.75) is 24.7 Å². The van der Waals surface area contributed by atoms with Gasteiger partial charge in [-0.05, 0) is 25.0 Å². The fraction of sp³-hybridized carbons (Fsp3) is 0.333. The van der Waals surface area contributed by atoms with Crippen LogP contribution in [0.2, 0.25) is 0 Å². The molecule has 4 nitrogen and oxygen atoms in total. The summed E-state index contributed by atoms with van der Waals surface area (Å²) >= 11 is 0. The summed E-state index contributed by atoms with van der Waals surface area (Å²) in [6.45, 7) is 0. The summed E-state index contributed by atoms with van der Waals surface area (Å²) in [4.78, 5) is 15.3. The molecule has 3 rings (SSSR count). The fourth-order valence-corrected chi connectivity index (χ4v) is 2.22. The molecule has 2 aromatic heterocycles. The summed E-state index contributed by atoms with van der Waals surface area (Å²) in [5, 5.41) is 10.2. The molecular weight excluding hydrogens is 206 g/mol. The molecule has 16 heavy (non-hydrogen) atoms. The average Bonchev–Trinajstić information content (AvgIpc) is 2.58. The number of hydrogen-bond donors (Lipinski definition) is 1. The van der Waals surface area contributed by atoms with Gasteiger partial charge >= 0.3 is 5.97 Å². The van der Waals surface area contributed by atoms with Gasteiger partial charge in [-0.2, -0.15) is 0 Å². The van der Waals surface area contributed by atoms with E-state index in [1.807, 2.05) is 0 Å². The van der Waals surface area contributed by atoms with Gasteiger partial charge < -0.3 is 9.52 Å². The first kappa shape index (κ1) is 9.39. The average molecular weight is 217 g/mol. The molecular formula is C12H11NO3. The number of fused-ring (bicyclic) bond motifs is 1. The molecule has 0 amide bonds. The Morgan fingerprint density at radius 1 is 1.50 bits per heavy atom. The Kier molecular flexibility index (Phi) is 1.80. The van der Waals surface area contributed by atoms with Gasteiger partial charge in [0, 0.05) is 17.8 Å². The van der Waals surface area contributed by atoms with Gasteiger partial charge in [0.2, 0.25) is 0 Å². The molecule has 1 fully saturated rings. The van der Waals surface area contributed by atoms with Crippen LogP contribution in [0.1, 0.15) is 25.0 Å². The van der Waals surface area contributed by atoms with E-state index in [1.165, 1.54) is 0 Å². The molecule has 82 valence electrons. The lowest BCUT2D eigenvalue weighted by Crippen LogP contribution is -2.41. The number of aromatic nitrogens is 1. The number of carbonyl (C=O) groups is 1. The first-order valence-corrected chi connectivity index (χ1v) is 5.30. The minimum absolute atomic E-state index is 0.564. The standard InChI is InChI=1S/C12H11NO3/c14-11(15)12(3-1-4-12)10-6-8-7-13-5-2-9(8)16-10/h2,5-7H,1,3-4H2,(H,14,15). The van der Waals surface area contributed by atoms with Crippen LogP contribution in [0, 0.1) is 0 Å². The first-order chi connectivity index (χ1) is 7.72. The Morgan fingerprint density at radius 3 is 2.88 bits per heavy atom. The second kappa shape index (κ2) is 3.07. The number of hydrogen-bond acceptors (Lipinski definition) is 3. The van der Waals surface area contributed by atoms with E-state index < -0.39 is 11.4 Å². The molecule has 2 heterocycles. The number of rotatable bonds is 2. The Bertz CT molecular complexity index is 521. The SMILES string of the molecule is O=C(O)C1(c2cc3cnccc3o2)CCC1. The van der Waals surface area contributed by atoms with E-state index in [0.717, 1.165) is 11.8 Å². The molecule has 1 aliphatic rings. The third-order valence-electron chi connectivity index (χ3n) is 3.40. The molecule has 0 radical (unpaired) electrons. The van der Waals surface area contributed by atoms with Gasteiger partial charge in [0.1, 0.15) is 16.8 Å². The third kappa shape index (κ3) is 1.10. The van der Waals surface area contributed by atoms with Gasteiger partial charge in [-0.1, -0.05) is 6.42 Å². The molecule has 1 aliphatic carbocycles. The maximum Gasteiger partial charge on any atom is 0.317 e. The molecule has 4 heteroatoms. The van der Waals surface area contributed by atoms with Crippen molar-refractivity contribution in [2.75, 3.05) is 0 Å². The Labute approximate surface area is 91.9 Å². The minimum Gasteiger partial charge on any atom is -0.480 e. The summed E-state index contributed by atoms with van der Waals surface area (Å²) in [5.41, 5.74) is -0.0866. The molecule has 0 saturated heterocycles. The van der Waals surface area contributed by atoms with Crippen LogP contribution in [0.25, 0.3) is 11.0 Å². The van der Waals surface area contributed by atoms with E-state index in [1.54, 1.807) is 24.5 Å². The second-order valence-electron chi connectivity index (χ2n) is 4.26. The van der Waals surface area contributed by atoms with Gasteiger partial charge in [-0.15, -0.1) is 0 Å². The van der Waals surface area contributed by atoms with E-state index in [9.17, 15) is 9.90 Å². The van der Waals surface area contributed by atoms with E-state index in [4.69, 9.17) is 4.42 Å². The number of pyridine rings is 1. The van der Waals surface area contributed by atoms with Crippen molar-refractivity contribution in [1.82, 2.24) is 4.98 Å². The Balaban J connectivity index is 2.15. The second-order valence-corrected chi connectivity index (χ2v) is 4.26. The van der Waals surface area contributed by atoms with Gasteiger partial charge in [0.25, 0.3) is 0 Å². The molecule has 2 aromatic rings. The van der Waals surface area contributed by atoms with Crippen molar-refractivity contribution < 1.29 is 14.3 Å². The van der Waals surface area contributed by atoms with Gasteiger partial charge in [0.05, 0.1) is 0 Å². The Hall–Kier alpha value is -1.84. The van der Waals surface area contributed by atoms with E-state index in [-0.39, 0.29) is 0 Å². The molecule has 0 aliphatic heterocycles. The van der Waals surface area contributed by atoms with Crippen molar-refractivity contribution in [3.8, 4) is 0 Å². The third-order valence-corrected chi connectivity index (χ3v) is 3.40. The number of carboxylic acid groups (broad SMARTS) is 1. The molecule has 1 saturated carbocycles. The monoisotopic (exact) mass is 217 g/mol. The highest BCUT2D eigenvalue weighted by molar-refractivity contribution is 5.85. The van der Waals surface area contributed by atoms with Crippen molar-refractivity contribution >= 4 is 16.9 Å². The topological polar surface area (TPSA) is 63.3 Å². The Morgan fingerprint density at radius 2 is 2.31 bits per heavy atom. The molecule has 0 spiro atoms. The zero-order chi connectivity index (χ0) is 11.2. The predicted octanol–water partition coefficient (Wildman–Crippen LogP) is 2.33. The number of nitrogens with zero attached hydrogens (tertiary/aromatic N) is 1. The molecule has 0 aromatic carbocycles. The summed E-state index contributed by atoms with van der Waals surface area (Å²) in [6, 6.07) is 3.56. The highest BCUT2D eigenvalue weighted by atomic mass is 16.4. The van der Waals surface area contributed by atoms with Gasteiger partial charge in [-0.25, -0.2) is 0 Å². The van der Waals surface area contributed by atoms with E-state index >= 15 is 0 Å². The molecule has 0 bridgehead atoms. The van der Waals surface area contributed by atoms with Crippen molar-refractivity contribution in [3.63, 3.8) is 0 Å². The largest absolute Gasteiger partial charge is 0.480 e. The summed E-state index contributed by atoms with van der Waals surface area (Å²) in [6.07, 6.45) is 5.60. The number of carboxylic acids is 1. The van der Waals surface area contributed by atoms with Crippen molar-refractivity contribution in [2.24, 2.45) is 0 Å².